The van der Waals surface area contributed by atoms with E-state index in [9.17, 15) is 9.59 Å². The molecule has 0 fully saturated rings. The minimum Gasteiger partial charge on any atom is -0.493 e. The summed E-state index contributed by atoms with van der Waals surface area (Å²) in [6, 6.07) is 21.5. The minimum atomic E-state index is -0.460. The Hall–Kier alpha value is -3.84. The van der Waals surface area contributed by atoms with Crippen LogP contribution in [0.5, 0.6) is 11.5 Å². The number of methoxy groups -OCH3 is 1. The molecule has 0 spiro atoms. The summed E-state index contributed by atoms with van der Waals surface area (Å²) >= 11 is 5.79. The number of halogens is 1. The van der Waals surface area contributed by atoms with Crippen molar-refractivity contribution < 1.29 is 19.1 Å². The molecule has 0 aliphatic rings. The lowest BCUT2D eigenvalue weighted by atomic mass is 10.2. The fraction of sp³-hybridized carbons (Fsp3) is 0.125. The molecule has 32 heavy (non-hydrogen) atoms. The maximum atomic E-state index is 12.0. The number of hydrogen-bond acceptors (Lipinski definition) is 5. The first-order chi connectivity index (χ1) is 15.5. The fourth-order valence-corrected chi connectivity index (χ4v) is 2.83. The van der Waals surface area contributed by atoms with Crippen molar-refractivity contribution in [2.45, 2.75) is 6.61 Å². The normalized spacial score (nSPS) is 10.6. The van der Waals surface area contributed by atoms with E-state index < -0.39 is 5.91 Å². The molecule has 0 aromatic heterocycles. The van der Waals surface area contributed by atoms with E-state index in [4.69, 9.17) is 21.1 Å². The molecule has 8 heteroatoms. The lowest BCUT2D eigenvalue weighted by molar-refractivity contribution is -0.120. The zero-order valence-corrected chi connectivity index (χ0v) is 18.1. The Bertz CT molecular complexity index is 1090. The molecule has 0 aliphatic heterocycles. The first kappa shape index (κ1) is 22.8. The molecule has 2 N–H and O–H groups in total. The van der Waals surface area contributed by atoms with E-state index >= 15 is 0 Å². The van der Waals surface area contributed by atoms with Gasteiger partial charge in [0.1, 0.15) is 6.61 Å². The van der Waals surface area contributed by atoms with Crippen LogP contribution < -0.4 is 20.2 Å². The Morgan fingerprint density at radius 1 is 1.00 bits per heavy atom. The molecule has 0 heterocycles. The molecular weight excluding hydrogens is 430 g/mol. The van der Waals surface area contributed by atoms with Gasteiger partial charge in [0.05, 0.1) is 19.9 Å². The van der Waals surface area contributed by atoms with Gasteiger partial charge in [0, 0.05) is 10.6 Å². The highest BCUT2D eigenvalue weighted by atomic mass is 35.5. The van der Waals surface area contributed by atoms with Crippen LogP contribution in [-0.4, -0.2) is 31.7 Å². The van der Waals surface area contributed by atoms with Gasteiger partial charge in [-0.2, -0.15) is 5.10 Å². The molecule has 0 saturated heterocycles. The van der Waals surface area contributed by atoms with Gasteiger partial charge < -0.3 is 14.8 Å². The van der Waals surface area contributed by atoms with E-state index in [1.165, 1.54) is 6.21 Å². The van der Waals surface area contributed by atoms with Crippen LogP contribution in [-0.2, 0) is 11.4 Å². The monoisotopic (exact) mass is 451 g/mol. The minimum absolute atomic E-state index is 0.214. The molecule has 3 rings (SSSR count). The highest BCUT2D eigenvalue weighted by molar-refractivity contribution is 6.30. The van der Waals surface area contributed by atoms with Gasteiger partial charge in [0.25, 0.3) is 11.8 Å². The molecule has 2 amide bonds. The highest BCUT2D eigenvalue weighted by Crippen LogP contribution is 2.28. The van der Waals surface area contributed by atoms with Crippen LogP contribution >= 0.6 is 11.6 Å². The van der Waals surface area contributed by atoms with Crippen molar-refractivity contribution in [3.63, 3.8) is 0 Å². The Labute approximate surface area is 191 Å². The first-order valence-electron chi connectivity index (χ1n) is 9.75. The third kappa shape index (κ3) is 6.85. The molecule has 3 aromatic rings. The molecule has 0 radical (unpaired) electrons. The second-order valence-electron chi connectivity index (χ2n) is 6.67. The molecular formula is C24H22ClN3O4. The summed E-state index contributed by atoms with van der Waals surface area (Å²) in [4.78, 5) is 23.9. The Morgan fingerprint density at radius 2 is 1.75 bits per heavy atom. The van der Waals surface area contributed by atoms with Gasteiger partial charge >= 0.3 is 0 Å². The summed E-state index contributed by atoms with van der Waals surface area (Å²) in [5.74, 6) is 0.309. The number of nitrogens with one attached hydrogen (secondary N) is 2. The van der Waals surface area contributed by atoms with Crippen LogP contribution in [0.15, 0.2) is 77.9 Å². The molecule has 0 atom stereocenters. The van der Waals surface area contributed by atoms with Crippen molar-refractivity contribution in [1.29, 1.82) is 0 Å². The number of benzene rings is 3. The van der Waals surface area contributed by atoms with Gasteiger partial charge in [-0.15, -0.1) is 0 Å². The maximum Gasteiger partial charge on any atom is 0.259 e. The van der Waals surface area contributed by atoms with E-state index in [1.54, 1.807) is 49.6 Å². The molecule has 164 valence electrons. The van der Waals surface area contributed by atoms with Crippen LogP contribution in [0.2, 0.25) is 5.02 Å². The summed E-state index contributed by atoms with van der Waals surface area (Å²) in [5.41, 5.74) is 4.53. The Kier molecular flexibility index (Phi) is 8.22. The van der Waals surface area contributed by atoms with Crippen LogP contribution in [0.1, 0.15) is 21.5 Å². The van der Waals surface area contributed by atoms with Crippen molar-refractivity contribution in [3.8, 4) is 11.5 Å². The van der Waals surface area contributed by atoms with Crippen molar-refractivity contribution >= 4 is 29.6 Å². The standard InChI is InChI=1S/C24H22ClN3O4/c1-31-22-13-18(7-12-21(22)32-16-17-5-3-2-4-6-17)14-27-28-23(29)15-26-24(30)19-8-10-20(25)11-9-19/h2-14H,15-16H2,1H3,(H,26,30)(H,28,29). The lowest BCUT2D eigenvalue weighted by Gasteiger charge is -2.11. The van der Waals surface area contributed by atoms with Gasteiger partial charge in [-0.05, 0) is 53.6 Å². The number of hydrogen-bond donors (Lipinski definition) is 2. The van der Waals surface area contributed by atoms with Crippen molar-refractivity contribution in [2.75, 3.05) is 13.7 Å². The topological polar surface area (TPSA) is 89.0 Å². The predicted octanol–water partition coefficient (Wildman–Crippen LogP) is 3.81. The number of carbonyl (C=O) groups is 2. The Morgan fingerprint density at radius 3 is 2.47 bits per heavy atom. The van der Waals surface area contributed by atoms with Crippen LogP contribution in [0, 0.1) is 0 Å². The summed E-state index contributed by atoms with van der Waals surface area (Å²) < 4.78 is 11.2. The summed E-state index contributed by atoms with van der Waals surface area (Å²) in [5, 5.41) is 6.96. The Balaban J connectivity index is 1.49. The number of nitrogens with zero attached hydrogens (tertiary/aromatic N) is 1. The zero-order valence-electron chi connectivity index (χ0n) is 17.4. The summed E-state index contributed by atoms with van der Waals surface area (Å²) in [6.45, 7) is 0.205. The van der Waals surface area contributed by atoms with Crippen molar-refractivity contribution in [2.24, 2.45) is 5.10 Å². The van der Waals surface area contributed by atoms with E-state index in [1.807, 2.05) is 30.3 Å². The van der Waals surface area contributed by atoms with Gasteiger partial charge in [0.2, 0.25) is 0 Å². The van der Waals surface area contributed by atoms with Gasteiger partial charge in [-0.1, -0.05) is 41.9 Å². The third-order valence-corrected chi connectivity index (χ3v) is 4.60. The predicted molar refractivity (Wildman–Crippen MR) is 123 cm³/mol. The third-order valence-electron chi connectivity index (χ3n) is 4.34. The van der Waals surface area contributed by atoms with Gasteiger partial charge in [-0.25, -0.2) is 5.43 Å². The number of ether oxygens (including phenoxy) is 2. The van der Waals surface area contributed by atoms with E-state index in [2.05, 4.69) is 15.8 Å². The fourth-order valence-electron chi connectivity index (χ4n) is 2.70. The summed E-state index contributed by atoms with van der Waals surface area (Å²) in [7, 11) is 1.55. The second-order valence-corrected chi connectivity index (χ2v) is 7.10. The van der Waals surface area contributed by atoms with Crippen molar-refractivity contribution in [1.82, 2.24) is 10.7 Å². The lowest BCUT2D eigenvalue weighted by Crippen LogP contribution is -2.34. The average molecular weight is 452 g/mol. The summed E-state index contributed by atoms with van der Waals surface area (Å²) in [6.07, 6.45) is 1.47. The smallest absolute Gasteiger partial charge is 0.259 e. The van der Waals surface area contributed by atoms with Crippen molar-refractivity contribution in [3.05, 3.63) is 94.5 Å². The maximum absolute atomic E-state index is 12.0. The molecule has 3 aromatic carbocycles. The van der Waals surface area contributed by atoms with Crippen LogP contribution in [0.25, 0.3) is 0 Å². The SMILES string of the molecule is COc1cc(C=NNC(=O)CNC(=O)c2ccc(Cl)cc2)ccc1OCc1ccccc1. The second kappa shape index (κ2) is 11.5. The number of rotatable bonds is 9. The zero-order chi connectivity index (χ0) is 22.8. The van der Waals surface area contributed by atoms with E-state index in [-0.39, 0.29) is 12.5 Å². The number of carbonyl (C=O) groups excluding carboxylic acids is 2. The molecule has 0 bridgehead atoms. The van der Waals surface area contributed by atoms with E-state index in [0.29, 0.717) is 34.3 Å². The molecule has 0 aliphatic carbocycles. The average Bonchev–Trinajstić information content (AvgIpc) is 2.82. The molecule has 0 unspecified atom stereocenters. The van der Waals surface area contributed by atoms with E-state index in [0.717, 1.165) is 5.56 Å². The molecule has 7 nitrogen and oxygen atoms in total. The number of amides is 2. The van der Waals surface area contributed by atoms with Crippen LogP contribution in [0.3, 0.4) is 0 Å². The quantitative estimate of drug-likeness (QED) is 0.382. The largest absolute Gasteiger partial charge is 0.493 e. The van der Waals surface area contributed by atoms with Gasteiger partial charge in [0.15, 0.2) is 11.5 Å². The van der Waals surface area contributed by atoms with Gasteiger partial charge in [-0.3, -0.25) is 9.59 Å². The number of hydrazone groups is 1. The first-order valence-corrected chi connectivity index (χ1v) is 10.1. The highest BCUT2D eigenvalue weighted by Gasteiger charge is 2.08. The van der Waals surface area contributed by atoms with Crippen LogP contribution in [0.4, 0.5) is 0 Å². The molecule has 0 saturated carbocycles.